The number of carbonyl (C=O) groups excluding carboxylic acids is 2. The first kappa shape index (κ1) is 16.3. The fraction of sp³-hybridized carbons (Fsp3) is 0.263. The first-order chi connectivity index (χ1) is 12.7. The molecular formula is C19H19N5O2. The van der Waals surface area contributed by atoms with E-state index in [2.05, 4.69) is 25.2 Å². The fourth-order valence-electron chi connectivity index (χ4n) is 3.27. The number of imidazole rings is 1. The number of hydrogen-bond acceptors (Lipinski definition) is 4. The largest absolute Gasteiger partial charge is 0.350 e. The molecule has 0 spiro atoms. The average Bonchev–Trinajstić information content (AvgIpc) is 2.90. The summed E-state index contributed by atoms with van der Waals surface area (Å²) in [5.41, 5.74) is 2.37. The number of para-hydroxylation sites is 1. The fourth-order valence-corrected chi connectivity index (χ4v) is 3.27. The molecule has 2 amide bonds. The van der Waals surface area contributed by atoms with Crippen LogP contribution in [0.5, 0.6) is 0 Å². The summed E-state index contributed by atoms with van der Waals surface area (Å²) in [6.45, 7) is 1.26. The summed E-state index contributed by atoms with van der Waals surface area (Å²) in [5.74, 6) is 1.35. The molecule has 2 aromatic heterocycles. The zero-order chi connectivity index (χ0) is 17.9. The van der Waals surface area contributed by atoms with Gasteiger partial charge >= 0.3 is 0 Å². The molecule has 3 heterocycles. The lowest BCUT2D eigenvalue weighted by Crippen LogP contribution is -2.24. The highest BCUT2D eigenvalue weighted by molar-refractivity contribution is 6.05. The Balaban J connectivity index is 1.46. The van der Waals surface area contributed by atoms with E-state index >= 15 is 0 Å². The lowest BCUT2D eigenvalue weighted by Gasteiger charge is -2.07. The molecule has 7 nitrogen and oxygen atoms in total. The van der Waals surface area contributed by atoms with Gasteiger partial charge in [0.2, 0.25) is 5.91 Å². The lowest BCUT2D eigenvalue weighted by molar-refractivity contribution is -0.116. The van der Waals surface area contributed by atoms with Crippen molar-refractivity contribution in [1.82, 2.24) is 19.9 Å². The van der Waals surface area contributed by atoms with Gasteiger partial charge < -0.3 is 15.2 Å². The Kier molecular flexibility index (Phi) is 4.35. The molecule has 0 atom stereocenters. The molecule has 0 bridgehead atoms. The van der Waals surface area contributed by atoms with Crippen LogP contribution in [-0.2, 0) is 17.8 Å². The van der Waals surface area contributed by atoms with Crippen molar-refractivity contribution in [3.63, 3.8) is 0 Å². The lowest BCUT2D eigenvalue weighted by atomic mass is 10.1. The minimum absolute atomic E-state index is 0.0597. The minimum atomic E-state index is -0.0618. The van der Waals surface area contributed by atoms with Gasteiger partial charge in [-0.3, -0.25) is 9.59 Å². The molecule has 3 aromatic rings. The maximum atomic E-state index is 12.2. The van der Waals surface area contributed by atoms with Crippen LogP contribution in [0.1, 0.15) is 29.0 Å². The number of amides is 2. The summed E-state index contributed by atoms with van der Waals surface area (Å²) in [4.78, 5) is 33.0. The smallest absolute Gasteiger partial charge is 0.253 e. The van der Waals surface area contributed by atoms with Crippen LogP contribution in [0.3, 0.4) is 0 Å². The second-order valence-electron chi connectivity index (χ2n) is 6.23. The molecule has 0 unspecified atom stereocenters. The number of pyridine rings is 1. The summed E-state index contributed by atoms with van der Waals surface area (Å²) < 4.78 is 2.10. The third-order valence-corrected chi connectivity index (χ3v) is 4.45. The van der Waals surface area contributed by atoms with Crippen LogP contribution in [0.15, 0.2) is 42.6 Å². The predicted molar refractivity (Wildman–Crippen MR) is 97.9 cm³/mol. The molecule has 0 aliphatic carbocycles. The van der Waals surface area contributed by atoms with Gasteiger partial charge in [0.05, 0.1) is 16.6 Å². The van der Waals surface area contributed by atoms with Gasteiger partial charge in [0.15, 0.2) is 0 Å². The van der Waals surface area contributed by atoms with Crippen molar-refractivity contribution in [2.75, 3.05) is 11.9 Å². The predicted octanol–water partition coefficient (Wildman–Crippen LogP) is 2.14. The van der Waals surface area contributed by atoms with Crippen LogP contribution < -0.4 is 10.6 Å². The van der Waals surface area contributed by atoms with E-state index in [4.69, 9.17) is 0 Å². The van der Waals surface area contributed by atoms with Crippen molar-refractivity contribution in [2.24, 2.45) is 0 Å². The average molecular weight is 349 g/mol. The van der Waals surface area contributed by atoms with E-state index < -0.39 is 0 Å². The molecular weight excluding hydrogens is 330 g/mol. The van der Waals surface area contributed by atoms with Gasteiger partial charge in [-0.05, 0) is 30.7 Å². The van der Waals surface area contributed by atoms with Gasteiger partial charge in [-0.1, -0.05) is 12.1 Å². The van der Waals surface area contributed by atoms with Crippen LogP contribution in [-0.4, -0.2) is 32.9 Å². The number of aryl methyl sites for hydroxylation is 1. The molecule has 0 radical (unpaired) electrons. The van der Waals surface area contributed by atoms with Crippen molar-refractivity contribution in [2.45, 2.75) is 25.8 Å². The van der Waals surface area contributed by atoms with Gasteiger partial charge in [0.1, 0.15) is 11.6 Å². The van der Waals surface area contributed by atoms with Crippen LogP contribution in [0, 0.1) is 0 Å². The number of nitrogens with one attached hydrogen (secondary N) is 2. The van der Waals surface area contributed by atoms with Crippen molar-refractivity contribution < 1.29 is 9.59 Å². The summed E-state index contributed by atoms with van der Waals surface area (Å²) >= 11 is 0. The second-order valence-corrected chi connectivity index (χ2v) is 6.23. The first-order valence-corrected chi connectivity index (χ1v) is 8.69. The van der Waals surface area contributed by atoms with Gasteiger partial charge in [0, 0.05) is 32.1 Å². The zero-order valence-corrected chi connectivity index (χ0v) is 14.2. The summed E-state index contributed by atoms with van der Waals surface area (Å²) in [6.07, 6.45) is 3.40. The third kappa shape index (κ3) is 3.15. The van der Waals surface area contributed by atoms with E-state index in [-0.39, 0.29) is 11.8 Å². The molecule has 26 heavy (non-hydrogen) atoms. The number of anilines is 1. The highest BCUT2D eigenvalue weighted by Crippen LogP contribution is 2.23. The van der Waals surface area contributed by atoms with Gasteiger partial charge in [-0.25, -0.2) is 9.97 Å². The van der Waals surface area contributed by atoms with Crippen molar-refractivity contribution in [3.8, 4) is 0 Å². The highest BCUT2D eigenvalue weighted by atomic mass is 16.2. The molecule has 0 saturated carbocycles. The molecule has 1 aliphatic rings. The monoisotopic (exact) mass is 349 g/mol. The highest BCUT2D eigenvalue weighted by Gasteiger charge is 2.20. The first-order valence-electron chi connectivity index (χ1n) is 8.69. The van der Waals surface area contributed by atoms with Crippen LogP contribution in [0.2, 0.25) is 0 Å². The molecule has 1 aromatic carbocycles. The Hall–Kier alpha value is -3.22. The van der Waals surface area contributed by atoms with Gasteiger partial charge in [0.25, 0.3) is 5.91 Å². The SMILES string of the molecule is O=C(CCCc1nc2cccc3c2n1CCNC3=O)Nc1ccccn1. The topological polar surface area (TPSA) is 88.9 Å². The zero-order valence-electron chi connectivity index (χ0n) is 14.2. The van der Waals surface area contributed by atoms with Crippen LogP contribution >= 0.6 is 0 Å². The quantitative estimate of drug-likeness (QED) is 0.738. The Morgan fingerprint density at radius 1 is 1.23 bits per heavy atom. The van der Waals surface area contributed by atoms with E-state index in [0.29, 0.717) is 43.7 Å². The summed E-state index contributed by atoms with van der Waals surface area (Å²) in [6, 6.07) is 11.0. The van der Waals surface area contributed by atoms with Gasteiger partial charge in [-0.2, -0.15) is 0 Å². The standard InChI is InChI=1S/C19H19N5O2/c25-17(23-15-7-1-2-10-20-15)9-4-8-16-22-14-6-3-5-13-18(14)24(16)12-11-21-19(13)26/h1-3,5-7,10H,4,8-9,11-12H2,(H,21,26)(H,20,23,25). The van der Waals surface area contributed by atoms with Crippen molar-refractivity contribution in [3.05, 3.63) is 54.0 Å². The molecule has 132 valence electrons. The number of rotatable bonds is 5. The van der Waals surface area contributed by atoms with Gasteiger partial charge in [-0.15, -0.1) is 0 Å². The second kappa shape index (κ2) is 6.95. The van der Waals surface area contributed by atoms with E-state index in [0.717, 1.165) is 16.9 Å². The maximum absolute atomic E-state index is 12.2. The molecule has 0 fully saturated rings. The van der Waals surface area contributed by atoms with E-state index in [1.54, 1.807) is 18.3 Å². The molecule has 7 heteroatoms. The Morgan fingerprint density at radius 3 is 3.00 bits per heavy atom. The van der Waals surface area contributed by atoms with E-state index in [1.165, 1.54) is 0 Å². The number of nitrogens with zero attached hydrogens (tertiary/aromatic N) is 3. The van der Waals surface area contributed by atoms with Crippen molar-refractivity contribution >= 4 is 28.7 Å². The summed E-state index contributed by atoms with van der Waals surface area (Å²) in [7, 11) is 0. The molecule has 2 N–H and O–H groups in total. The normalized spacial score (nSPS) is 13.3. The third-order valence-electron chi connectivity index (χ3n) is 4.45. The Morgan fingerprint density at radius 2 is 2.15 bits per heavy atom. The van der Waals surface area contributed by atoms with E-state index in [1.807, 2.05) is 24.3 Å². The number of hydrogen-bond donors (Lipinski definition) is 2. The van der Waals surface area contributed by atoms with Crippen LogP contribution in [0.4, 0.5) is 5.82 Å². The molecule has 0 saturated heterocycles. The number of benzene rings is 1. The number of carbonyl (C=O) groups is 2. The van der Waals surface area contributed by atoms with E-state index in [9.17, 15) is 9.59 Å². The van der Waals surface area contributed by atoms with Crippen molar-refractivity contribution in [1.29, 1.82) is 0 Å². The summed E-state index contributed by atoms with van der Waals surface area (Å²) in [5, 5.41) is 5.70. The molecule has 4 rings (SSSR count). The minimum Gasteiger partial charge on any atom is -0.350 e. The Bertz CT molecular complexity index is 965. The number of aromatic nitrogens is 3. The molecule has 1 aliphatic heterocycles. The maximum Gasteiger partial charge on any atom is 0.253 e. The Labute approximate surface area is 150 Å². The van der Waals surface area contributed by atoms with Crippen LogP contribution in [0.25, 0.3) is 11.0 Å².